The lowest BCUT2D eigenvalue weighted by Gasteiger charge is -2.32. The third-order valence-electron chi connectivity index (χ3n) is 5.68. The molecule has 1 saturated heterocycles. The Labute approximate surface area is 163 Å². The molecule has 0 aliphatic carbocycles. The maximum Gasteiger partial charge on any atom is 0.253 e. The van der Waals surface area contributed by atoms with Crippen molar-refractivity contribution in [2.75, 3.05) is 19.6 Å². The van der Waals surface area contributed by atoms with Crippen molar-refractivity contribution < 1.29 is 4.79 Å². The van der Waals surface area contributed by atoms with E-state index in [-0.39, 0.29) is 5.91 Å². The largest absolute Gasteiger partial charge is 0.339 e. The van der Waals surface area contributed by atoms with Crippen LogP contribution in [0.15, 0.2) is 42.7 Å². The van der Waals surface area contributed by atoms with Crippen LogP contribution in [0.2, 0.25) is 0 Å². The molecule has 0 unspecified atom stereocenters. The number of piperidine rings is 1. The summed E-state index contributed by atoms with van der Waals surface area (Å²) in [7, 11) is 0. The molecule has 1 aromatic carbocycles. The number of rotatable bonds is 3. The first-order valence-corrected chi connectivity index (χ1v) is 9.81. The molecule has 8 nitrogen and oxygen atoms in total. The predicted molar refractivity (Wildman–Crippen MR) is 103 cm³/mol. The number of likely N-dealkylation sites (tertiary alicyclic amines) is 1. The molecular weight excluding hydrogens is 354 g/mol. The van der Waals surface area contributed by atoms with Gasteiger partial charge in [-0.1, -0.05) is 0 Å². The summed E-state index contributed by atoms with van der Waals surface area (Å²) in [6, 6.07) is 9.51. The van der Waals surface area contributed by atoms with E-state index < -0.39 is 0 Å². The number of fused-ring (bicyclic) bond motifs is 1. The Morgan fingerprint density at radius 1 is 1.07 bits per heavy atom. The number of hydrogen-bond acceptors (Lipinski definition) is 5. The number of aromatic nitrogens is 5. The van der Waals surface area contributed by atoms with Gasteiger partial charge in [0.25, 0.3) is 5.91 Å². The third kappa shape index (κ3) is 3.09. The topological polar surface area (TPSA) is 80.9 Å². The Hall–Kier alpha value is -3.00. The first-order chi connectivity index (χ1) is 13.8. The zero-order chi connectivity index (χ0) is 18.9. The average Bonchev–Trinajstić information content (AvgIpc) is 3.44. The van der Waals surface area contributed by atoms with Crippen molar-refractivity contribution in [1.29, 1.82) is 0 Å². The minimum absolute atomic E-state index is 0.0953. The molecule has 2 aliphatic rings. The lowest BCUT2D eigenvalue weighted by molar-refractivity contribution is 0.0710. The fourth-order valence-electron chi connectivity index (χ4n) is 4.12. The Morgan fingerprint density at radius 2 is 1.89 bits per heavy atom. The summed E-state index contributed by atoms with van der Waals surface area (Å²) in [4.78, 5) is 14.8. The summed E-state index contributed by atoms with van der Waals surface area (Å²) in [5.74, 6) is 2.59. The third-order valence-corrected chi connectivity index (χ3v) is 5.68. The van der Waals surface area contributed by atoms with E-state index in [2.05, 4.69) is 25.2 Å². The maximum absolute atomic E-state index is 12.9. The van der Waals surface area contributed by atoms with Crippen molar-refractivity contribution >= 4 is 5.91 Å². The van der Waals surface area contributed by atoms with E-state index >= 15 is 0 Å². The summed E-state index contributed by atoms with van der Waals surface area (Å²) in [6.45, 7) is 4.19. The summed E-state index contributed by atoms with van der Waals surface area (Å²) < 4.78 is 4.04. The molecule has 28 heavy (non-hydrogen) atoms. The molecular formula is C20H23N7O. The predicted octanol–water partition coefficient (Wildman–Crippen LogP) is 1.59. The molecule has 8 heteroatoms. The molecule has 4 heterocycles. The van der Waals surface area contributed by atoms with Crippen molar-refractivity contribution in [2.45, 2.75) is 31.8 Å². The lowest BCUT2D eigenvalue weighted by Crippen LogP contribution is -2.38. The van der Waals surface area contributed by atoms with Crippen LogP contribution in [0.25, 0.3) is 5.69 Å². The number of carbonyl (C=O) groups is 1. The maximum atomic E-state index is 12.9. The Bertz CT molecular complexity index is 953. The summed E-state index contributed by atoms with van der Waals surface area (Å²) in [5, 5.41) is 16.3. The average molecular weight is 377 g/mol. The molecule has 0 saturated carbocycles. The van der Waals surface area contributed by atoms with Crippen LogP contribution in [0.3, 0.4) is 0 Å². The van der Waals surface area contributed by atoms with E-state index in [0.717, 1.165) is 68.5 Å². The highest BCUT2D eigenvalue weighted by Crippen LogP contribution is 2.28. The van der Waals surface area contributed by atoms with Crippen molar-refractivity contribution in [1.82, 2.24) is 34.8 Å². The van der Waals surface area contributed by atoms with Gasteiger partial charge in [0.15, 0.2) is 0 Å². The standard InChI is InChI=1S/C20H23N7O/c28-20(16-2-4-17(5-3-16)27-10-1-8-22-27)25-11-6-15(7-12-25)19-24-23-18-14-21-9-13-26(18)19/h1-5,8,10,15,21H,6-7,9,11-14H2. The van der Waals surface area contributed by atoms with Crippen LogP contribution >= 0.6 is 0 Å². The number of carbonyl (C=O) groups excluding carboxylic acids is 1. The molecule has 1 amide bonds. The molecule has 1 N–H and O–H groups in total. The highest BCUT2D eigenvalue weighted by atomic mass is 16.2. The van der Waals surface area contributed by atoms with E-state index in [1.165, 1.54) is 0 Å². The zero-order valence-corrected chi connectivity index (χ0v) is 15.7. The van der Waals surface area contributed by atoms with Gasteiger partial charge in [-0.15, -0.1) is 10.2 Å². The molecule has 0 bridgehead atoms. The van der Waals surface area contributed by atoms with Crippen LogP contribution in [-0.2, 0) is 13.1 Å². The van der Waals surface area contributed by atoms with Crippen molar-refractivity contribution in [3.63, 3.8) is 0 Å². The van der Waals surface area contributed by atoms with Crippen LogP contribution < -0.4 is 5.32 Å². The molecule has 2 aliphatic heterocycles. The fourth-order valence-corrected chi connectivity index (χ4v) is 4.12. The van der Waals surface area contributed by atoms with E-state index in [0.29, 0.717) is 5.92 Å². The minimum atomic E-state index is 0.0953. The Kier molecular flexibility index (Phi) is 4.40. The van der Waals surface area contributed by atoms with Gasteiger partial charge in [-0.3, -0.25) is 4.79 Å². The van der Waals surface area contributed by atoms with Gasteiger partial charge in [0.1, 0.15) is 11.6 Å². The quantitative estimate of drug-likeness (QED) is 0.750. The van der Waals surface area contributed by atoms with E-state index in [9.17, 15) is 4.79 Å². The van der Waals surface area contributed by atoms with Gasteiger partial charge < -0.3 is 14.8 Å². The zero-order valence-electron chi connectivity index (χ0n) is 15.7. The van der Waals surface area contributed by atoms with E-state index in [1.807, 2.05) is 41.4 Å². The van der Waals surface area contributed by atoms with Crippen molar-refractivity contribution in [3.05, 3.63) is 59.9 Å². The Morgan fingerprint density at radius 3 is 2.64 bits per heavy atom. The first kappa shape index (κ1) is 17.1. The lowest BCUT2D eigenvalue weighted by atomic mass is 9.95. The summed E-state index contributed by atoms with van der Waals surface area (Å²) in [5.41, 5.74) is 1.67. The minimum Gasteiger partial charge on any atom is -0.339 e. The monoisotopic (exact) mass is 377 g/mol. The van der Waals surface area contributed by atoms with Gasteiger partial charge in [0, 0.05) is 50.1 Å². The smallest absolute Gasteiger partial charge is 0.253 e. The molecule has 5 rings (SSSR count). The number of hydrogen-bond donors (Lipinski definition) is 1. The number of nitrogens with one attached hydrogen (secondary N) is 1. The molecule has 2 aromatic heterocycles. The van der Waals surface area contributed by atoms with Crippen LogP contribution in [0, 0.1) is 0 Å². The highest BCUT2D eigenvalue weighted by molar-refractivity contribution is 5.94. The van der Waals surface area contributed by atoms with Gasteiger partial charge in [0.05, 0.1) is 12.2 Å². The molecule has 0 atom stereocenters. The summed E-state index contributed by atoms with van der Waals surface area (Å²) >= 11 is 0. The molecule has 1 fully saturated rings. The van der Waals surface area contributed by atoms with E-state index in [1.54, 1.807) is 10.9 Å². The molecule has 0 radical (unpaired) electrons. The second-order valence-electron chi connectivity index (χ2n) is 7.37. The number of nitrogens with zero attached hydrogens (tertiary/aromatic N) is 6. The van der Waals surface area contributed by atoms with Gasteiger partial charge in [-0.2, -0.15) is 5.10 Å². The SMILES string of the molecule is O=C(c1ccc(-n2cccn2)cc1)N1CCC(c2nnc3n2CCNC3)CC1. The van der Waals surface area contributed by atoms with Crippen LogP contribution in [0.4, 0.5) is 0 Å². The van der Waals surface area contributed by atoms with E-state index in [4.69, 9.17) is 0 Å². The molecule has 144 valence electrons. The summed E-state index contributed by atoms with van der Waals surface area (Å²) in [6.07, 6.45) is 5.50. The van der Waals surface area contributed by atoms with Gasteiger partial charge >= 0.3 is 0 Å². The van der Waals surface area contributed by atoms with Crippen molar-refractivity contribution in [3.8, 4) is 5.69 Å². The molecule has 3 aromatic rings. The second kappa shape index (κ2) is 7.20. The van der Waals surface area contributed by atoms with Gasteiger partial charge in [-0.25, -0.2) is 4.68 Å². The number of benzene rings is 1. The fraction of sp³-hybridized carbons (Fsp3) is 0.400. The van der Waals surface area contributed by atoms with Crippen molar-refractivity contribution in [2.24, 2.45) is 0 Å². The Balaban J connectivity index is 1.24. The van der Waals surface area contributed by atoms with Gasteiger partial charge in [0.2, 0.25) is 0 Å². The van der Waals surface area contributed by atoms with Crippen LogP contribution in [0.5, 0.6) is 0 Å². The first-order valence-electron chi connectivity index (χ1n) is 9.81. The van der Waals surface area contributed by atoms with Gasteiger partial charge in [-0.05, 0) is 43.2 Å². The van der Waals surface area contributed by atoms with Crippen LogP contribution in [-0.4, -0.2) is 55.0 Å². The van der Waals surface area contributed by atoms with Crippen LogP contribution in [0.1, 0.15) is 40.8 Å². The normalized spacial score (nSPS) is 17.5. The number of amides is 1. The molecule has 0 spiro atoms. The highest BCUT2D eigenvalue weighted by Gasteiger charge is 2.29. The second-order valence-corrected chi connectivity index (χ2v) is 7.37.